The van der Waals surface area contributed by atoms with E-state index in [1.165, 1.54) is 19.2 Å². The number of sulfonamides is 1. The molecule has 0 radical (unpaired) electrons. The van der Waals surface area contributed by atoms with Crippen molar-refractivity contribution < 1.29 is 13.3 Å². The molecule has 0 saturated carbocycles. The Kier molecular flexibility index (Phi) is 5.78. The van der Waals surface area contributed by atoms with Crippen LogP contribution in [0.4, 0.5) is 11.4 Å². The van der Waals surface area contributed by atoms with Crippen molar-refractivity contribution in [3.05, 3.63) is 28.3 Å². The minimum Gasteiger partial charge on any atom is -0.376 e. The molecule has 7 nitrogen and oxygen atoms in total. The largest absolute Gasteiger partial charge is 0.376 e. The lowest BCUT2D eigenvalue weighted by Gasteiger charge is -2.14. The van der Waals surface area contributed by atoms with Crippen LogP contribution in [0, 0.1) is 10.1 Å². The Balaban J connectivity index is 3.18. The van der Waals surface area contributed by atoms with Crippen LogP contribution < -0.4 is 10.0 Å². The van der Waals surface area contributed by atoms with Gasteiger partial charge in [-0.15, -0.1) is 0 Å². The van der Waals surface area contributed by atoms with Gasteiger partial charge in [0, 0.05) is 17.9 Å². The molecule has 0 spiro atoms. The van der Waals surface area contributed by atoms with E-state index >= 15 is 0 Å². The highest BCUT2D eigenvalue weighted by Crippen LogP contribution is 2.28. The SMILES string of the molecule is CNS(=O)(=O)c1ccc(NC(C)CSC)c([N+](=O)[O-])c1. The number of nitrogens with zero attached hydrogens (tertiary/aromatic N) is 1. The van der Waals surface area contributed by atoms with Gasteiger partial charge in [0.2, 0.25) is 10.0 Å². The number of benzene rings is 1. The highest BCUT2D eigenvalue weighted by atomic mass is 32.2. The fourth-order valence-electron chi connectivity index (χ4n) is 1.63. The van der Waals surface area contributed by atoms with Crippen LogP contribution in [0.1, 0.15) is 6.92 Å². The summed E-state index contributed by atoms with van der Waals surface area (Å²) < 4.78 is 25.4. The first kappa shape index (κ1) is 16.7. The van der Waals surface area contributed by atoms with Crippen LogP contribution in [0.5, 0.6) is 0 Å². The molecule has 2 N–H and O–H groups in total. The summed E-state index contributed by atoms with van der Waals surface area (Å²) in [6.45, 7) is 1.90. The van der Waals surface area contributed by atoms with Crippen LogP contribution >= 0.6 is 11.8 Å². The van der Waals surface area contributed by atoms with Gasteiger partial charge in [-0.2, -0.15) is 11.8 Å². The van der Waals surface area contributed by atoms with Gasteiger partial charge in [-0.1, -0.05) is 0 Å². The zero-order valence-electron chi connectivity index (χ0n) is 11.4. The molecule has 0 fully saturated rings. The van der Waals surface area contributed by atoms with Gasteiger partial charge < -0.3 is 5.32 Å². The Bertz CT molecular complexity index is 589. The summed E-state index contributed by atoms with van der Waals surface area (Å²) in [5.74, 6) is 0.785. The van der Waals surface area contributed by atoms with E-state index in [0.29, 0.717) is 5.69 Å². The first-order chi connectivity index (χ1) is 9.31. The molecule has 0 heterocycles. The van der Waals surface area contributed by atoms with E-state index in [0.717, 1.165) is 11.8 Å². The third-order valence-corrected chi connectivity index (χ3v) is 4.81. The quantitative estimate of drug-likeness (QED) is 0.585. The zero-order chi connectivity index (χ0) is 15.3. The summed E-state index contributed by atoms with van der Waals surface area (Å²) in [4.78, 5) is 10.3. The molecule has 1 rings (SSSR count). The van der Waals surface area contributed by atoms with Gasteiger partial charge in [-0.3, -0.25) is 10.1 Å². The normalized spacial score (nSPS) is 12.9. The second-order valence-electron chi connectivity index (χ2n) is 4.14. The number of hydrogen-bond donors (Lipinski definition) is 2. The minimum absolute atomic E-state index is 0.0375. The summed E-state index contributed by atoms with van der Waals surface area (Å²) in [6.07, 6.45) is 1.94. The lowest BCUT2D eigenvalue weighted by atomic mass is 10.2. The molecule has 112 valence electrons. The number of rotatable bonds is 7. The van der Waals surface area contributed by atoms with Crippen molar-refractivity contribution in [3.63, 3.8) is 0 Å². The number of hydrogen-bond acceptors (Lipinski definition) is 6. The summed E-state index contributed by atoms with van der Waals surface area (Å²) >= 11 is 1.62. The average molecular weight is 319 g/mol. The van der Waals surface area contributed by atoms with Crippen LogP contribution in [0.25, 0.3) is 0 Å². The van der Waals surface area contributed by atoms with Crippen LogP contribution in [0.2, 0.25) is 0 Å². The smallest absolute Gasteiger partial charge is 0.293 e. The third kappa shape index (κ3) is 4.09. The van der Waals surface area contributed by atoms with Gasteiger partial charge in [0.1, 0.15) is 5.69 Å². The maximum atomic E-state index is 11.7. The number of nitrogens with one attached hydrogen (secondary N) is 2. The molecule has 0 amide bonds. The maximum Gasteiger partial charge on any atom is 0.293 e. The topological polar surface area (TPSA) is 101 Å². The summed E-state index contributed by atoms with van der Waals surface area (Å²) in [5.41, 5.74) is 0.0564. The molecule has 0 aromatic heterocycles. The molecule has 1 aromatic carbocycles. The maximum absolute atomic E-state index is 11.7. The number of anilines is 1. The fourth-order valence-corrected chi connectivity index (χ4v) is 2.96. The van der Waals surface area contributed by atoms with Gasteiger partial charge in [-0.05, 0) is 32.4 Å². The zero-order valence-corrected chi connectivity index (χ0v) is 13.0. The lowest BCUT2D eigenvalue weighted by molar-refractivity contribution is -0.384. The second kappa shape index (κ2) is 6.91. The van der Waals surface area contributed by atoms with Gasteiger partial charge in [0.15, 0.2) is 0 Å². The summed E-state index contributed by atoms with van der Waals surface area (Å²) in [6, 6.07) is 3.85. The highest BCUT2D eigenvalue weighted by Gasteiger charge is 2.21. The average Bonchev–Trinajstić information content (AvgIpc) is 2.38. The van der Waals surface area contributed by atoms with Gasteiger partial charge in [-0.25, -0.2) is 13.1 Å². The molecule has 20 heavy (non-hydrogen) atoms. The number of nitro groups is 1. The predicted octanol–water partition coefficient (Wildman–Crippen LogP) is 1.67. The van der Waals surface area contributed by atoms with Crippen LogP contribution in [0.3, 0.4) is 0 Å². The van der Waals surface area contributed by atoms with Gasteiger partial charge in [0.25, 0.3) is 5.69 Å². The van der Waals surface area contributed by atoms with Gasteiger partial charge >= 0.3 is 0 Å². The van der Waals surface area contributed by atoms with Crippen molar-refractivity contribution in [2.24, 2.45) is 0 Å². The number of nitro benzene ring substituents is 1. The van der Waals surface area contributed by atoms with E-state index in [-0.39, 0.29) is 16.6 Å². The molecule has 0 aliphatic heterocycles. The van der Waals surface area contributed by atoms with E-state index < -0.39 is 14.9 Å². The van der Waals surface area contributed by atoms with E-state index in [9.17, 15) is 18.5 Å². The van der Waals surface area contributed by atoms with Crippen molar-refractivity contribution in [1.82, 2.24) is 4.72 Å². The monoisotopic (exact) mass is 319 g/mol. The van der Waals surface area contributed by atoms with Crippen LogP contribution in [-0.2, 0) is 10.0 Å². The van der Waals surface area contributed by atoms with Crippen molar-refractivity contribution in [2.45, 2.75) is 17.9 Å². The Hall–Kier alpha value is -1.32. The molecule has 0 aliphatic carbocycles. The second-order valence-corrected chi connectivity index (χ2v) is 6.94. The summed E-state index contributed by atoms with van der Waals surface area (Å²) in [7, 11) is -2.44. The van der Waals surface area contributed by atoms with Gasteiger partial charge in [0.05, 0.1) is 9.82 Å². The van der Waals surface area contributed by atoms with Crippen molar-refractivity contribution in [1.29, 1.82) is 0 Å². The van der Waals surface area contributed by atoms with Crippen LogP contribution in [-0.4, -0.2) is 38.4 Å². The van der Waals surface area contributed by atoms with Crippen LogP contribution in [0.15, 0.2) is 23.1 Å². The first-order valence-electron chi connectivity index (χ1n) is 5.79. The Morgan fingerprint density at radius 1 is 1.45 bits per heavy atom. The molecule has 1 unspecified atom stereocenters. The van der Waals surface area contributed by atoms with Crippen molar-refractivity contribution in [3.8, 4) is 0 Å². The van der Waals surface area contributed by atoms with E-state index in [1.54, 1.807) is 11.8 Å². The predicted molar refractivity (Wildman–Crippen MR) is 80.8 cm³/mol. The first-order valence-corrected chi connectivity index (χ1v) is 8.67. The number of thioether (sulfide) groups is 1. The minimum atomic E-state index is -3.70. The van der Waals surface area contributed by atoms with E-state index in [1.807, 2.05) is 13.2 Å². The molecule has 0 saturated heterocycles. The molecular weight excluding hydrogens is 302 g/mol. The fraction of sp³-hybridized carbons (Fsp3) is 0.455. The summed E-state index contributed by atoms with van der Waals surface area (Å²) in [5, 5.41) is 14.1. The molecule has 9 heteroatoms. The highest BCUT2D eigenvalue weighted by molar-refractivity contribution is 7.98. The Labute approximate surface area is 122 Å². The molecule has 0 bridgehead atoms. The standard InChI is InChI=1S/C11H17N3O4S2/c1-8(7-19-3)13-10-5-4-9(20(17,18)12-2)6-11(10)14(15)16/h4-6,8,12-13H,7H2,1-3H3. The van der Waals surface area contributed by atoms with Crippen molar-refractivity contribution in [2.75, 3.05) is 24.4 Å². The molecule has 0 aliphatic rings. The van der Waals surface area contributed by atoms with E-state index in [4.69, 9.17) is 0 Å². The third-order valence-electron chi connectivity index (χ3n) is 2.56. The Morgan fingerprint density at radius 2 is 2.10 bits per heavy atom. The van der Waals surface area contributed by atoms with E-state index in [2.05, 4.69) is 10.0 Å². The lowest BCUT2D eigenvalue weighted by Crippen LogP contribution is -2.20. The molecular formula is C11H17N3O4S2. The van der Waals surface area contributed by atoms with Crippen molar-refractivity contribution >= 4 is 33.2 Å². The Morgan fingerprint density at radius 3 is 2.60 bits per heavy atom. The molecule has 1 atom stereocenters. The molecule has 1 aromatic rings.